The van der Waals surface area contributed by atoms with E-state index in [2.05, 4.69) is 10.2 Å². The van der Waals surface area contributed by atoms with Crippen LogP contribution in [-0.4, -0.2) is 57.2 Å². The quantitative estimate of drug-likeness (QED) is 0.540. The van der Waals surface area contributed by atoms with Gasteiger partial charge in [0.05, 0.1) is 13.2 Å². The molecule has 5 nitrogen and oxygen atoms in total. The highest BCUT2D eigenvalue weighted by molar-refractivity contribution is 5.75. The molecule has 1 atom stereocenters. The van der Waals surface area contributed by atoms with Crippen LogP contribution in [0.2, 0.25) is 0 Å². The monoisotopic (exact) mass is 245 g/mol. The van der Waals surface area contributed by atoms with E-state index in [9.17, 15) is 4.79 Å². The molecule has 0 spiro atoms. The Bertz CT molecular complexity index is 196. The van der Waals surface area contributed by atoms with Crippen molar-refractivity contribution in [3.63, 3.8) is 0 Å². The Hall–Kier alpha value is -0.650. The molecule has 0 aromatic heterocycles. The highest BCUT2D eigenvalue weighted by Gasteiger charge is 2.01. The van der Waals surface area contributed by atoms with Gasteiger partial charge in [0.1, 0.15) is 0 Å². The summed E-state index contributed by atoms with van der Waals surface area (Å²) in [6, 6.07) is 0.178. The Kier molecular flexibility index (Phi) is 10.1. The van der Waals surface area contributed by atoms with Crippen molar-refractivity contribution in [2.75, 3.05) is 40.4 Å². The van der Waals surface area contributed by atoms with Gasteiger partial charge < -0.3 is 20.7 Å². The van der Waals surface area contributed by atoms with Gasteiger partial charge in [0.2, 0.25) is 5.91 Å². The van der Waals surface area contributed by atoms with E-state index in [0.717, 1.165) is 19.4 Å². The minimum atomic E-state index is 0.0851. The maximum absolute atomic E-state index is 11.3. The molecule has 0 bridgehead atoms. The number of carbonyl (C=O) groups excluding carboxylic acids is 1. The topological polar surface area (TPSA) is 67.6 Å². The van der Waals surface area contributed by atoms with E-state index in [1.54, 1.807) is 0 Å². The summed E-state index contributed by atoms with van der Waals surface area (Å²) in [6.45, 7) is 4.73. The number of rotatable bonds is 10. The van der Waals surface area contributed by atoms with Crippen LogP contribution in [0.25, 0.3) is 0 Å². The summed E-state index contributed by atoms with van der Waals surface area (Å²) in [4.78, 5) is 13.4. The van der Waals surface area contributed by atoms with Gasteiger partial charge in [-0.05, 0) is 33.9 Å². The highest BCUT2D eigenvalue weighted by atomic mass is 16.5. The third-order valence-electron chi connectivity index (χ3n) is 2.31. The molecule has 0 saturated heterocycles. The molecule has 0 rings (SSSR count). The van der Waals surface area contributed by atoms with Crippen LogP contribution in [0, 0.1) is 0 Å². The Labute approximate surface area is 105 Å². The maximum atomic E-state index is 11.3. The number of nitrogens with zero attached hydrogens (tertiary/aromatic N) is 1. The maximum Gasteiger partial charge on any atom is 0.220 e. The van der Waals surface area contributed by atoms with Crippen LogP contribution in [0.3, 0.4) is 0 Å². The standard InChI is InChI=1S/C12H27N3O2/c1-11(13)5-4-6-12(16)14-7-9-17-10-8-15(2)3/h11H,4-10,13H2,1-3H3,(H,14,16). The number of amides is 1. The number of hydrogen-bond acceptors (Lipinski definition) is 4. The first kappa shape index (κ1) is 16.4. The first-order valence-corrected chi connectivity index (χ1v) is 6.27. The van der Waals surface area contributed by atoms with Gasteiger partial charge in [0.15, 0.2) is 0 Å². The second kappa shape index (κ2) is 10.5. The van der Waals surface area contributed by atoms with Crippen molar-refractivity contribution in [2.45, 2.75) is 32.2 Å². The second-order valence-electron chi connectivity index (χ2n) is 4.64. The predicted molar refractivity (Wildman–Crippen MR) is 69.9 cm³/mol. The Balaban J connectivity index is 3.22. The molecule has 0 aliphatic heterocycles. The highest BCUT2D eigenvalue weighted by Crippen LogP contribution is 1.97. The smallest absolute Gasteiger partial charge is 0.220 e. The molecule has 5 heteroatoms. The third kappa shape index (κ3) is 13.3. The molecular weight excluding hydrogens is 218 g/mol. The van der Waals surface area contributed by atoms with Crippen molar-refractivity contribution in [1.82, 2.24) is 10.2 Å². The molecule has 0 aliphatic rings. The predicted octanol–water partition coefficient (Wildman–Crippen LogP) is 0.198. The summed E-state index contributed by atoms with van der Waals surface area (Å²) in [7, 11) is 4.01. The number of hydrogen-bond donors (Lipinski definition) is 2. The van der Waals surface area contributed by atoms with Gasteiger partial charge in [-0.2, -0.15) is 0 Å². The van der Waals surface area contributed by atoms with Crippen LogP contribution in [0.5, 0.6) is 0 Å². The zero-order valence-electron chi connectivity index (χ0n) is 11.4. The van der Waals surface area contributed by atoms with E-state index in [-0.39, 0.29) is 11.9 Å². The average Bonchev–Trinajstić information content (AvgIpc) is 2.22. The van der Waals surface area contributed by atoms with E-state index < -0.39 is 0 Å². The summed E-state index contributed by atoms with van der Waals surface area (Å²) >= 11 is 0. The average molecular weight is 245 g/mol. The van der Waals surface area contributed by atoms with Gasteiger partial charge in [-0.3, -0.25) is 4.79 Å². The summed E-state index contributed by atoms with van der Waals surface area (Å²) in [6.07, 6.45) is 2.30. The number of nitrogens with one attached hydrogen (secondary N) is 1. The molecule has 17 heavy (non-hydrogen) atoms. The molecule has 0 fully saturated rings. The minimum Gasteiger partial charge on any atom is -0.378 e. The Morgan fingerprint density at radius 3 is 2.71 bits per heavy atom. The summed E-state index contributed by atoms with van der Waals surface area (Å²) in [5.41, 5.74) is 5.60. The van der Waals surface area contributed by atoms with Crippen molar-refractivity contribution in [2.24, 2.45) is 5.73 Å². The normalized spacial score (nSPS) is 12.8. The molecule has 1 amide bonds. The van der Waals surface area contributed by atoms with Gasteiger partial charge >= 0.3 is 0 Å². The molecule has 0 aromatic carbocycles. The SMILES string of the molecule is CC(N)CCCC(=O)NCCOCCN(C)C. The van der Waals surface area contributed by atoms with Crippen molar-refractivity contribution in [3.05, 3.63) is 0 Å². The van der Waals surface area contributed by atoms with Crippen LogP contribution in [-0.2, 0) is 9.53 Å². The van der Waals surface area contributed by atoms with Gasteiger partial charge in [-0.15, -0.1) is 0 Å². The molecule has 3 N–H and O–H groups in total. The van der Waals surface area contributed by atoms with Crippen LogP contribution in [0.1, 0.15) is 26.2 Å². The number of ether oxygens (including phenoxy) is 1. The number of nitrogens with two attached hydrogens (primary N) is 1. The number of carbonyl (C=O) groups is 1. The van der Waals surface area contributed by atoms with Crippen LogP contribution in [0.15, 0.2) is 0 Å². The molecule has 0 heterocycles. The Morgan fingerprint density at radius 1 is 1.41 bits per heavy atom. The molecule has 0 aliphatic carbocycles. The van der Waals surface area contributed by atoms with E-state index in [1.165, 1.54) is 0 Å². The summed E-state index contributed by atoms with van der Waals surface area (Å²) < 4.78 is 5.36. The van der Waals surface area contributed by atoms with Gasteiger partial charge in [0.25, 0.3) is 0 Å². The Morgan fingerprint density at radius 2 is 2.12 bits per heavy atom. The van der Waals surface area contributed by atoms with E-state index in [1.807, 2.05) is 21.0 Å². The summed E-state index contributed by atoms with van der Waals surface area (Å²) in [5, 5.41) is 2.83. The third-order valence-corrected chi connectivity index (χ3v) is 2.31. The van der Waals surface area contributed by atoms with Gasteiger partial charge in [0, 0.05) is 25.6 Å². The van der Waals surface area contributed by atoms with Crippen LogP contribution >= 0.6 is 0 Å². The fraction of sp³-hybridized carbons (Fsp3) is 0.917. The number of likely N-dealkylation sites (N-methyl/N-ethyl adjacent to an activating group) is 1. The molecule has 102 valence electrons. The lowest BCUT2D eigenvalue weighted by atomic mass is 10.1. The van der Waals surface area contributed by atoms with E-state index in [4.69, 9.17) is 10.5 Å². The first-order valence-electron chi connectivity index (χ1n) is 6.27. The van der Waals surface area contributed by atoms with E-state index in [0.29, 0.717) is 26.2 Å². The largest absolute Gasteiger partial charge is 0.378 e. The lowest BCUT2D eigenvalue weighted by Gasteiger charge is -2.10. The van der Waals surface area contributed by atoms with Gasteiger partial charge in [-0.25, -0.2) is 0 Å². The van der Waals surface area contributed by atoms with E-state index >= 15 is 0 Å². The summed E-state index contributed by atoms with van der Waals surface area (Å²) in [5.74, 6) is 0.0851. The zero-order valence-corrected chi connectivity index (χ0v) is 11.4. The molecule has 0 radical (unpaired) electrons. The first-order chi connectivity index (χ1) is 8.02. The molecule has 0 aromatic rings. The molecule has 0 saturated carbocycles. The van der Waals surface area contributed by atoms with Crippen molar-refractivity contribution >= 4 is 5.91 Å². The van der Waals surface area contributed by atoms with Crippen molar-refractivity contribution < 1.29 is 9.53 Å². The van der Waals surface area contributed by atoms with Crippen molar-refractivity contribution in [3.8, 4) is 0 Å². The second-order valence-corrected chi connectivity index (χ2v) is 4.64. The molecular formula is C12H27N3O2. The fourth-order valence-corrected chi connectivity index (χ4v) is 1.28. The van der Waals surface area contributed by atoms with Gasteiger partial charge in [-0.1, -0.05) is 0 Å². The lowest BCUT2D eigenvalue weighted by molar-refractivity contribution is -0.121. The zero-order chi connectivity index (χ0) is 13.1. The lowest BCUT2D eigenvalue weighted by Crippen LogP contribution is -2.28. The minimum absolute atomic E-state index is 0.0851. The van der Waals surface area contributed by atoms with Crippen LogP contribution < -0.4 is 11.1 Å². The fourth-order valence-electron chi connectivity index (χ4n) is 1.28. The van der Waals surface area contributed by atoms with Crippen molar-refractivity contribution in [1.29, 1.82) is 0 Å². The molecule has 1 unspecified atom stereocenters. The van der Waals surface area contributed by atoms with Crippen LogP contribution in [0.4, 0.5) is 0 Å².